The van der Waals surface area contributed by atoms with Crippen molar-refractivity contribution in [1.82, 2.24) is 0 Å². The maximum absolute atomic E-state index is 13.7. The molecule has 1 aliphatic heterocycles. The van der Waals surface area contributed by atoms with Crippen LogP contribution in [0.15, 0.2) is 97.1 Å². The molecule has 5 heteroatoms. The minimum absolute atomic E-state index is 0.329. The molecule has 0 spiro atoms. The molecule has 0 radical (unpaired) electrons. The highest BCUT2D eigenvalue weighted by Gasteiger charge is 2.36. The zero-order chi connectivity index (χ0) is 25.1. The number of carbonyl (C=O) groups excluding carboxylic acids is 2. The number of carbonyl (C=O) groups is 2. The standard InChI is InChI=1S/C31H25NO4/c1-21-10-6-9-15-27(21)32-30(33)25-14-8-7-13-24(25)26(31(32)34)18-23-16-17-28(29(19-23)35-2)36-20-22-11-4-3-5-12-22/h3-19H,20H2,1-2H3/b26-18-. The van der Waals surface area contributed by atoms with E-state index in [0.29, 0.717) is 40.5 Å². The lowest BCUT2D eigenvalue weighted by molar-refractivity contribution is -0.112. The zero-order valence-corrected chi connectivity index (χ0v) is 20.1. The van der Waals surface area contributed by atoms with Crippen LogP contribution in [-0.2, 0) is 11.4 Å². The van der Waals surface area contributed by atoms with E-state index in [1.165, 1.54) is 4.90 Å². The number of hydrogen-bond acceptors (Lipinski definition) is 4. The lowest BCUT2D eigenvalue weighted by atomic mass is 9.91. The number of aryl methyl sites for hydroxylation is 1. The van der Waals surface area contributed by atoms with Gasteiger partial charge in [-0.25, -0.2) is 4.90 Å². The molecule has 0 saturated carbocycles. The minimum atomic E-state index is -0.364. The van der Waals surface area contributed by atoms with E-state index in [0.717, 1.165) is 16.7 Å². The summed E-state index contributed by atoms with van der Waals surface area (Å²) in [5.41, 5.74) is 4.78. The molecule has 0 unspecified atom stereocenters. The van der Waals surface area contributed by atoms with Crippen molar-refractivity contribution in [3.05, 3.63) is 125 Å². The van der Waals surface area contributed by atoms with Crippen molar-refractivity contribution in [2.24, 2.45) is 0 Å². The Bertz CT molecular complexity index is 1470. The fraction of sp³-hybridized carbons (Fsp3) is 0.0968. The van der Waals surface area contributed by atoms with E-state index in [4.69, 9.17) is 9.47 Å². The Hall–Kier alpha value is -4.64. The van der Waals surface area contributed by atoms with Crippen LogP contribution in [0, 0.1) is 6.92 Å². The van der Waals surface area contributed by atoms with Crippen LogP contribution < -0.4 is 14.4 Å². The fourth-order valence-electron chi connectivity index (χ4n) is 4.32. The number of fused-ring (bicyclic) bond motifs is 1. The van der Waals surface area contributed by atoms with Crippen molar-refractivity contribution in [2.45, 2.75) is 13.5 Å². The van der Waals surface area contributed by atoms with E-state index >= 15 is 0 Å². The Labute approximate surface area is 210 Å². The summed E-state index contributed by atoms with van der Waals surface area (Å²) in [6.45, 7) is 2.30. The van der Waals surface area contributed by atoms with E-state index in [2.05, 4.69) is 0 Å². The Balaban J connectivity index is 1.53. The summed E-state index contributed by atoms with van der Waals surface area (Å²) in [6, 6.07) is 30.0. The number of rotatable bonds is 6. The van der Waals surface area contributed by atoms with Gasteiger partial charge in [-0.1, -0.05) is 72.8 Å². The van der Waals surface area contributed by atoms with Gasteiger partial charge in [0, 0.05) is 11.1 Å². The Morgan fingerprint density at radius 2 is 1.44 bits per heavy atom. The largest absolute Gasteiger partial charge is 0.493 e. The third kappa shape index (κ3) is 4.39. The normalized spacial score (nSPS) is 14.1. The van der Waals surface area contributed by atoms with E-state index < -0.39 is 0 Å². The number of para-hydroxylation sites is 1. The number of benzene rings is 4. The quantitative estimate of drug-likeness (QED) is 0.242. The number of methoxy groups -OCH3 is 1. The number of hydrogen-bond donors (Lipinski definition) is 0. The van der Waals surface area contributed by atoms with Crippen LogP contribution in [-0.4, -0.2) is 18.9 Å². The van der Waals surface area contributed by atoms with Gasteiger partial charge in [-0.2, -0.15) is 0 Å². The van der Waals surface area contributed by atoms with Gasteiger partial charge in [0.05, 0.1) is 12.8 Å². The Morgan fingerprint density at radius 1 is 0.750 bits per heavy atom. The molecular formula is C31H25NO4. The van der Waals surface area contributed by atoms with Crippen molar-refractivity contribution in [1.29, 1.82) is 0 Å². The van der Waals surface area contributed by atoms with Crippen molar-refractivity contribution in [3.8, 4) is 11.5 Å². The number of imide groups is 1. The molecule has 4 aromatic carbocycles. The molecule has 5 nitrogen and oxygen atoms in total. The molecular weight excluding hydrogens is 450 g/mol. The molecule has 0 aromatic heterocycles. The Morgan fingerprint density at radius 3 is 2.19 bits per heavy atom. The smallest absolute Gasteiger partial charge is 0.265 e. The van der Waals surface area contributed by atoms with Crippen molar-refractivity contribution in [2.75, 3.05) is 12.0 Å². The lowest BCUT2D eigenvalue weighted by Gasteiger charge is -2.29. The highest BCUT2D eigenvalue weighted by atomic mass is 16.5. The fourth-order valence-corrected chi connectivity index (χ4v) is 4.32. The molecule has 4 aromatic rings. The van der Waals surface area contributed by atoms with Crippen molar-refractivity contribution < 1.29 is 19.1 Å². The van der Waals surface area contributed by atoms with Crippen molar-refractivity contribution in [3.63, 3.8) is 0 Å². The van der Waals surface area contributed by atoms with Gasteiger partial charge in [0.15, 0.2) is 11.5 Å². The summed E-state index contributed by atoms with van der Waals surface area (Å²) in [5, 5.41) is 0. The van der Waals surface area contributed by atoms with Crippen LogP contribution in [0.1, 0.15) is 32.6 Å². The molecule has 0 atom stereocenters. The maximum atomic E-state index is 13.7. The van der Waals surface area contributed by atoms with E-state index in [1.54, 1.807) is 31.4 Å². The minimum Gasteiger partial charge on any atom is -0.493 e. The molecule has 178 valence electrons. The van der Waals surface area contributed by atoms with E-state index in [9.17, 15) is 9.59 Å². The first-order chi connectivity index (χ1) is 17.6. The van der Waals surface area contributed by atoms with Crippen LogP contribution in [0.5, 0.6) is 11.5 Å². The van der Waals surface area contributed by atoms with Crippen LogP contribution in [0.4, 0.5) is 5.69 Å². The van der Waals surface area contributed by atoms with Gasteiger partial charge in [0.1, 0.15) is 6.61 Å². The average molecular weight is 476 g/mol. The number of amides is 2. The molecule has 5 rings (SSSR count). The third-order valence-electron chi connectivity index (χ3n) is 6.18. The van der Waals surface area contributed by atoms with Gasteiger partial charge in [-0.15, -0.1) is 0 Å². The summed E-state index contributed by atoms with van der Waals surface area (Å²) in [7, 11) is 1.58. The second kappa shape index (κ2) is 9.92. The first kappa shape index (κ1) is 23.1. The molecule has 0 bridgehead atoms. The number of ether oxygens (including phenoxy) is 2. The van der Waals surface area contributed by atoms with Gasteiger partial charge in [0.2, 0.25) is 0 Å². The van der Waals surface area contributed by atoms with Gasteiger partial charge in [0.25, 0.3) is 11.8 Å². The predicted molar refractivity (Wildman–Crippen MR) is 141 cm³/mol. The van der Waals surface area contributed by atoms with E-state index in [-0.39, 0.29) is 11.8 Å². The molecule has 0 aliphatic carbocycles. The summed E-state index contributed by atoms with van der Waals surface area (Å²) in [6.07, 6.45) is 1.79. The second-order valence-electron chi connectivity index (χ2n) is 8.52. The van der Waals surface area contributed by atoms with Gasteiger partial charge in [-0.3, -0.25) is 9.59 Å². The second-order valence-corrected chi connectivity index (χ2v) is 8.52. The first-order valence-corrected chi connectivity index (χ1v) is 11.7. The lowest BCUT2D eigenvalue weighted by Crippen LogP contribution is -2.42. The zero-order valence-electron chi connectivity index (χ0n) is 20.1. The highest BCUT2D eigenvalue weighted by Crippen LogP contribution is 2.36. The molecule has 0 N–H and O–H groups in total. The molecule has 0 saturated heterocycles. The molecule has 0 fully saturated rings. The van der Waals surface area contributed by atoms with Crippen LogP contribution in [0.2, 0.25) is 0 Å². The maximum Gasteiger partial charge on any atom is 0.265 e. The SMILES string of the molecule is COc1cc(/C=C2\C(=O)N(c3ccccc3C)C(=O)c3ccccc32)ccc1OCc1ccccc1. The van der Waals surface area contributed by atoms with Crippen molar-refractivity contribution >= 4 is 29.2 Å². The molecule has 36 heavy (non-hydrogen) atoms. The van der Waals surface area contributed by atoms with Crippen LogP contribution in [0.3, 0.4) is 0 Å². The highest BCUT2D eigenvalue weighted by molar-refractivity contribution is 6.43. The first-order valence-electron chi connectivity index (χ1n) is 11.7. The molecule has 2 amide bonds. The third-order valence-corrected chi connectivity index (χ3v) is 6.18. The van der Waals surface area contributed by atoms with Gasteiger partial charge < -0.3 is 9.47 Å². The molecule has 1 aliphatic rings. The van der Waals surface area contributed by atoms with E-state index in [1.807, 2.05) is 85.8 Å². The topological polar surface area (TPSA) is 55.8 Å². The van der Waals surface area contributed by atoms with Gasteiger partial charge in [-0.05, 0) is 59.5 Å². The summed E-state index contributed by atoms with van der Waals surface area (Å²) in [5.74, 6) is 0.472. The summed E-state index contributed by atoms with van der Waals surface area (Å²) in [4.78, 5) is 28.3. The Kier molecular flexibility index (Phi) is 6.37. The molecule has 1 heterocycles. The summed E-state index contributed by atoms with van der Waals surface area (Å²) < 4.78 is 11.6. The number of anilines is 1. The van der Waals surface area contributed by atoms with Crippen LogP contribution >= 0.6 is 0 Å². The van der Waals surface area contributed by atoms with Crippen LogP contribution in [0.25, 0.3) is 11.6 Å². The average Bonchev–Trinajstić information content (AvgIpc) is 2.92. The number of nitrogens with zero attached hydrogens (tertiary/aromatic N) is 1. The van der Waals surface area contributed by atoms with Gasteiger partial charge >= 0.3 is 0 Å². The monoisotopic (exact) mass is 475 g/mol. The predicted octanol–water partition coefficient (Wildman–Crippen LogP) is 6.31. The summed E-state index contributed by atoms with van der Waals surface area (Å²) >= 11 is 0.